The maximum Gasteiger partial charge on any atom is 0.341 e. The number of halogens is 2. The van der Waals surface area contributed by atoms with E-state index in [0.717, 1.165) is 0 Å². The molecule has 0 bridgehead atoms. The predicted octanol–water partition coefficient (Wildman–Crippen LogP) is 1.99. The highest BCUT2D eigenvalue weighted by atomic mass is 35.5. The van der Waals surface area contributed by atoms with Gasteiger partial charge in [0.15, 0.2) is 6.61 Å². The number of carboxylic acid groups (broad SMARTS) is 1. The Kier molecular flexibility index (Phi) is 8.65. The highest BCUT2D eigenvalue weighted by molar-refractivity contribution is 5.85. The van der Waals surface area contributed by atoms with E-state index in [1.54, 1.807) is 24.3 Å². The van der Waals surface area contributed by atoms with Gasteiger partial charge in [0.2, 0.25) is 0 Å². The lowest BCUT2D eigenvalue weighted by Crippen LogP contribution is -2.09. The standard InChI is InChI=1S/C8H8O3.2ClH/c9-8(10)6-11-7-4-2-1-3-5-7;;/h1-5H,6H2,(H,9,10);2*1H. The molecule has 1 aromatic rings. The van der Waals surface area contributed by atoms with E-state index in [2.05, 4.69) is 0 Å². The fourth-order valence-electron chi connectivity index (χ4n) is 0.662. The Bertz CT molecular complexity index is 238. The number of para-hydroxylation sites is 1. The summed E-state index contributed by atoms with van der Waals surface area (Å²) in [7, 11) is 0. The van der Waals surface area contributed by atoms with Gasteiger partial charge < -0.3 is 9.84 Å². The van der Waals surface area contributed by atoms with Gasteiger partial charge in [-0.25, -0.2) is 4.79 Å². The largest absolute Gasteiger partial charge is 0.482 e. The minimum Gasteiger partial charge on any atom is -0.482 e. The molecule has 0 aliphatic heterocycles. The van der Waals surface area contributed by atoms with Gasteiger partial charge >= 0.3 is 5.97 Å². The second-order valence-electron chi connectivity index (χ2n) is 2.00. The molecule has 1 N–H and O–H groups in total. The van der Waals surface area contributed by atoms with Crippen LogP contribution in [0.25, 0.3) is 0 Å². The third-order valence-corrected chi connectivity index (χ3v) is 1.11. The van der Waals surface area contributed by atoms with Crippen LogP contribution in [0.4, 0.5) is 0 Å². The Hall–Kier alpha value is -0.930. The quantitative estimate of drug-likeness (QED) is 0.855. The number of hydrogen-bond donors (Lipinski definition) is 1. The lowest BCUT2D eigenvalue weighted by Gasteiger charge is -2.00. The molecule has 0 saturated heterocycles. The summed E-state index contributed by atoms with van der Waals surface area (Å²) in [6.07, 6.45) is 0. The molecule has 74 valence electrons. The summed E-state index contributed by atoms with van der Waals surface area (Å²) in [6, 6.07) is 8.84. The van der Waals surface area contributed by atoms with Crippen molar-refractivity contribution < 1.29 is 14.6 Å². The van der Waals surface area contributed by atoms with Crippen LogP contribution in [0.2, 0.25) is 0 Å². The van der Waals surface area contributed by atoms with Crippen LogP contribution in [0.5, 0.6) is 5.75 Å². The Labute approximate surface area is 88.5 Å². The van der Waals surface area contributed by atoms with Crippen molar-refractivity contribution in [2.75, 3.05) is 6.61 Å². The van der Waals surface area contributed by atoms with Gasteiger partial charge in [-0.2, -0.15) is 0 Å². The summed E-state index contributed by atoms with van der Waals surface area (Å²) < 4.78 is 4.87. The lowest BCUT2D eigenvalue weighted by atomic mass is 10.3. The van der Waals surface area contributed by atoms with Crippen LogP contribution in [0.3, 0.4) is 0 Å². The summed E-state index contributed by atoms with van der Waals surface area (Å²) in [5.74, 6) is -0.385. The average Bonchev–Trinajstić information content (AvgIpc) is 2.03. The van der Waals surface area contributed by atoms with E-state index >= 15 is 0 Å². The first-order valence-corrected chi connectivity index (χ1v) is 3.18. The number of aliphatic carboxylic acids is 1. The molecule has 1 rings (SSSR count). The summed E-state index contributed by atoms with van der Waals surface area (Å²) in [4.78, 5) is 10.0. The van der Waals surface area contributed by atoms with Gasteiger partial charge in [0.1, 0.15) is 5.75 Å². The van der Waals surface area contributed by atoms with Gasteiger partial charge in [0, 0.05) is 0 Å². The first-order valence-electron chi connectivity index (χ1n) is 3.18. The Balaban J connectivity index is 0. The molecule has 0 aromatic heterocycles. The van der Waals surface area contributed by atoms with Crippen molar-refractivity contribution >= 4 is 30.8 Å². The number of benzene rings is 1. The molecule has 5 heteroatoms. The maximum atomic E-state index is 10.0. The molecule has 0 fully saturated rings. The highest BCUT2D eigenvalue weighted by Crippen LogP contribution is 2.07. The molecular weight excluding hydrogens is 215 g/mol. The van der Waals surface area contributed by atoms with Crippen LogP contribution in [0, 0.1) is 0 Å². The normalized spacial score (nSPS) is 7.69. The van der Waals surface area contributed by atoms with Crippen LogP contribution < -0.4 is 4.74 Å². The summed E-state index contributed by atoms with van der Waals surface area (Å²) >= 11 is 0. The van der Waals surface area contributed by atoms with Crippen molar-refractivity contribution in [1.82, 2.24) is 0 Å². The Morgan fingerprint density at radius 2 is 1.77 bits per heavy atom. The molecule has 0 heterocycles. The van der Waals surface area contributed by atoms with E-state index in [1.807, 2.05) is 6.07 Å². The zero-order chi connectivity index (χ0) is 8.10. The molecule has 3 nitrogen and oxygen atoms in total. The van der Waals surface area contributed by atoms with E-state index in [4.69, 9.17) is 9.84 Å². The third-order valence-electron chi connectivity index (χ3n) is 1.11. The minimum absolute atomic E-state index is 0. The minimum atomic E-state index is -0.964. The maximum absolute atomic E-state index is 10.0. The van der Waals surface area contributed by atoms with Crippen LogP contribution >= 0.6 is 24.8 Å². The van der Waals surface area contributed by atoms with E-state index in [0.29, 0.717) is 5.75 Å². The van der Waals surface area contributed by atoms with Crippen LogP contribution in [-0.4, -0.2) is 17.7 Å². The molecule has 0 spiro atoms. The van der Waals surface area contributed by atoms with Gasteiger partial charge in [-0.1, -0.05) is 18.2 Å². The van der Waals surface area contributed by atoms with Gasteiger partial charge in [0.25, 0.3) is 0 Å². The number of rotatable bonds is 3. The highest BCUT2D eigenvalue weighted by Gasteiger charge is 1.96. The topological polar surface area (TPSA) is 46.5 Å². The van der Waals surface area contributed by atoms with Crippen molar-refractivity contribution in [3.8, 4) is 5.75 Å². The molecule has 0 amide bonds. The first-order chi connectivity index (χ1) is 5.29. The number of carbonyl (C=O) groups is 1. The SMILES string of the molecule is Cl.Cl.O=C(O)COc1ccccc1. The Morgan fingerprint density at radius 3 is 2.23 bits per heavy atom. The number of ether oxygens (including phenoxy) is 1. The van der Waals surface area contributed by atoms with Crippen LogP contribution in [0.1, 0.15) is 0 Å². The average molecular weight is 225 g/mol. The number of carboxylic acids is 1. The van der Waals surface area contributed by atoms with Crippen molar-refractivity contribution in [3.63, 3.8) is 0 Å². The molecule has 0 atom stereocenters. The van der Waals surface area contributed by atoms with Crippen molar-refractivity contribution in [2.45, 2.75) is 0 Å². The second kappa shape index (κ2) is 7.71. The zero-order valence-electron chi connectivity index (χ0n) is 6.67. The van der Waals surface area contributed by atoms with Gasteiger partial charge in [0.05, 0.1) is 0 Å². The van der Waals surface area contributed by atoms with Crippen LogP contribution in [0.15, 0.2) is 30.3 Å². The predicted molar refractivity (Wildman–Crippen MR) is 54.1 cm³/mol. The van der Waals surface area contributed by atoms with Crippen molar-refractivity contribution in [1.29, 1.82) is 0 Å². The molecule has 13 heavy (non-hydrogen) atoms. The van der Waals surface area contributed by atoms with E-state index in [-0.39, 0.29) is 31.4 Å². The Morgan fingerprint density at radius 1 is 1.23 bits per heavy atom. The molecule has 0 aliphatic carbocycles. The van der Waals surface area contributed by atoms with Crippen molar-refractivity contribution in [3.05, 3.63) is 30.3 Å². The van der Waals surface area contributed by atoms with E-state index in [1.165, 1.54) is 0 Å². The van der Waals surface area contributed by atoms with E-state index < -0.39 is 5.97 Å². The number of hydrogen-bond acceptors (Lipinski definition) is 2. The molecule has 0 saturated carbocycles. The first kappa shape index (κ1) is 14.6. The molecule has 1 aromatic carbocycles. The van der Waals surface area contributed by atoms with Crippen molar-refractivity contribution in [2.24, 2.45) is 0 Å². The molecule has 0 radical (unpaired) electrons. The molecular formula is C8H10Cl2O3. The van der Waals surface area contributed by atoms with Crippen LogP contribution in [-0.2, 0) is 4.79 Å². The lowest BCUT2D eigenvalue weighted by molar-refractivity contribution is -0.139. The fourth-order valence-corrected chi connectivity index (χ4v) is 0.662. The summed E-state index contributed by atoms with van der Waals surface area (Å²) in [5.41, 5.74) is 0. The van der Waals surface area contributed by atoms with Gasteiger partial charge in [-0.3, -0.25) is 0 Å². The zero-order valence-corrected chi connectivity index (χ0v) is 8.31. The summed E-state index contributed by atoms with van der Waals surface area (Å²) in [5, 5.41) is 8.25. The van der Waals surface area contributed by atoms with Gasteiger partial charge in [-0.05, 0) is 12.1 Å². The monoisotopic (exact) mass is 224 g/mol. The second-order valence-corrected chi connectivity index (χ2v) is 2.00. The fraction of sp³-hybridized carbons (Fsp3) is 0.125. The smallest absolute Gasteiger partial charge is 0.341 e. The molecule has 0 aliphatic rings. The third kappa shape index (κ3) is 6.25. The molecule has 0 unspecified atom stereocenters. The van der Waals surface area contributed by atoms with Gasteiger partial charge in [-0.15, -0.1) is 24.8 Å². The van der Waals surface area contributed by atoms with E-state index in [9.17, 15) is 4.79 Å². The summed E-state index contributed by atoms with van der Waals surface area (Å²) in [6.45, 7) is -0.288.